The highest BCUT2D eigenvalue weighted by atomic mass is 15.0. The number of nitrogens with zero attached hydrogens (tertiary/aromatic N) is 7. The van der Waals surface area contributed by atoms with E-state index in [1.165, 1.54) is 0 Å². The first-order chi connectivity index (χ1) is 27.1. The molecule has 0 N–H and O–H groups in total. The summed E-state index contributed by atoms with van der Waals surface area (Å²) in [7, 11) is 0. The number of aromatic nitrogens is 4. The molecule has 2 aromatic heterocycles. The Balaban J connectivity index is 1.29. The van der Waals surface area contributed by atoms with Gasteiger partial charge in [0.15, 0.2) is 17.5 Å². The molecule has 0 aliphatic rings. The van der Waals surface area contributed by atoms with E-state index in [1.54, 1.807) is 0 Å². The van der Waals surface area contributed by atoms with Crippen molar-refractivity contribution in [2.75, 3.05) is 0 Å². The van der Waals surface area contributed by atoms with Crippen molar-refractivity contribution in [3.05, 3.63) is 180 Å². The van der Waals surface area contributed by atoms with Crippen LogP contribution in [0.5, 0.6) is 0 Å². The van der Waals surface area contributed by atoms with Crippen molar-refractivity contribution in [3.63, 3.8) is 0 Å². The van der Waals surface area contributed by atoms with Gasteiger partial charge in [0.2, 0.25) is 0 Å². The van der Waals surface area contributed by atoms with Gasteiger partial charge >= 0.3 is 0 Å². The maximum Gasteiger partial charge on any atom is 0.165 e. The van der Waals surface area contributed by atoms with E-state index in [-0.39, 0.29) is 0 Å². The molecule has 55 heavy (non-hydrogen) atoms. The van der Waals surface area contributed by atoms with Gasteiger partial charge in [-0.15, -0.1) is 0 Å². The molecule has 254 valence electrons. The molecule has 9 aromatic rings. The first kappa shape index (κ1) is 32.7. The first-order valence-electron chi connectivity index (χ1n) is 17.6. The molecule has 0 saturated carbocycles. The van der Waals surface area contributed by atoms with Gasteiger partial charge in [0.05, 0.1) is 45.9 Å². The SMILES string of the molecule is N#Cc1ccccc1-c1ccc2c(c1)c1cc(-c3ccccc3C#N)ccc1n2-c1ccc(C#N)c(-c2nc(-c3ccccc3)nc(-c3ccccc3)n2)c1. The summed E-state index contributed by atoms with van der Waals surface area (Å²) in [5.41, 5.74) is 10.1. The lowest BCUT2D eigenvalue weighted by Crippen LogP contribution is -2.02. The van der Waals surface area contributed by atoms with Gasteiger partial charge < -0.3 is 4.57 Å². The molecule has 7 heteroatoms. The fourth-order valence-electron chi connectivity index (χ4n) is 7.18. The third kappa shape index (κ3) is 5.83. The summed E-state index contributed by atoms with van der Waals surface area (Å²) in [4.78, 5) is 14.7. The van der Waals surface area contributed by atoms with Gasteiger partial charge in [-0.3, -0.25) is 0 Å². The van der Waals surface area contributed by atoms with Crippen LogP contribution in [0.25, 0.3) is 83.9 Å². The van der Waals surface area contributed by atoms with Gasteiger partial charge in [0.1, 0.15) is 0 Å². The highest BCUT2D eigenvalue weighted by Crippen LogP contribution is 2.39. The number of nitriles is 3. The van der Waals surface area contributed by atoms with E-state index in [0.717, 1.165) is 60.9 Å². The average Bonchev–Trinajstić information content (AvgIpc) is 3.59. The zero-order valence-electron chi connectivity index (χ0n) is 29.2. The molecular formula is C48H27N7. The average molecular weight is 702 g/mol. The van der Waals surface area contributed by atoms with Crippen LogP contribution < -0.4 is 0 Å². The molecule has 0 amide bonds. The molecule has 7 aromatic carbocycles. The zero-order chi connectivity index (χ0) is 37.3. The molecule has 0 unspecified atom stereocenters. The third-order valence-corrected chi connectivity index (χ3v) is 9.80. The molecule has 9 rings (SSSR count). The Labute approximate surface area is 316 Å². The molecule has 0 fully saturated rings. The second-order valence-electron chi connectivity index (χ2n) is 13.0. The van der Waals surface area contributed by atoms with E-state index in [9.17, 15) is 15.8 Å². The molecule has 7 nitrogen and oxygen atoms in total. The summed E-state index contributed by atoms with van der Waals surface area (Å²) >= 11 is 0. The molecule has 0 aliphatic carbocycles. The van der Waals surface area contributed by atoms with E-state index in [1.807, 2.05) is 140 Å². The van der Waals surface area contributed by atoms with E-state index >= 15 is 0 Å². The second kappa shape index (κ2) is 13.7. The van der Waals surface area contributed by atoms with E-state index < -0.39 is 0 Å². The normalized spacial score (nSPS) is 10.9. The Morgan fingerprint density at radius 1 is 0.364 bits per heavy atom. The largest absolute Gasteiger partial charge is 0.309 e. The van der Waals surface area contributed by atoms with E-state index in [4.69, 9.17) is 15.0 Å². The third-order valence-electron chi connectivity index (χ3n) is 9.80. The van der Waals surface area contributed by atoms with E-state index in [2.05, 4.69) is 47.0 Å². The molecule has 0 aliphatic heterocycles. The van der Waals surface area contributed by atoms with Crippen molar-refractivity contribution in [2.45, 2.75) is 0 Å². The Hall–Kier alpha value is -8.18. The Kier molecular flexibility index (Phi) is 8.18. The molecule has 2 heterocycles. The summed E-state index contributed by atoms with van der Waals surface area (Å²) in [6.45, 7) is 0. The topological polar surface area (TPSA) is 115 Å². The van der Waals surface area contributed by atoms with Crippen LogP contribution >= 0.6 is 0 Å². The Bertz CT molecular complexity index is 2900. The first-order valence-corrected chi connectivity index (χ1v) is 17.6. The lowest BCUT2D eigenvalue weighted by Gasteiger charge is -2.13. The summed E-state index contributed by atoms with van der Waals surface area (Å²) in [6.07, 6.45) is 0. The Morgan fingerprint density at radius 2 is 0.800 bits per heavy atom. The van der Waals surface area contributed by atoms with Gasteiger partial charge in [0, 0.05) is 33.2 Å². The van der Waals surface area contributed by atoms with Crippen LogP contribution in [-0.2, 0) is 0 Å². The lowest BCUT2D eigenvalue weighted by atomic mass is 9.96. The van der Waals surface area contributed by atoms with Gasteiger partial charge in [-0.25, -0.2) is 15.0 Å². The van der Waals surface area contributed by atoms with Crippen LogP contribution in [0, 0.1) is 34.0 Å². The summed E-state index contributed by atoms with van der Waals surface area (Å²) in [5, 5.41) is 32.2. The van der Waals surface area contributed by atoms with E-state index in [0.29, 0.717) is 39.7 Å². The number of rotatable bonds is 6. The highest BCUT2D eigenvalue weighted by molar-refractivity contribution is 6.12. The molecule has 0 saturated heterocycles. The van der Waals surface area contributed by atoms with Crippen molar-refractivity contribution in [1.29, 1.82) is 15.8 Å². The zero-order valence-corrected chi connectivity index (χ0v) is 29.2. The Morgan fingerprint density at radius 3 is 1.29 bits per heavy atom. The molecular weight excluding hydrogens is 675 g/mol. The predicted molar refractivity (Wildman–Crippen MR) is 215 cm³/mol. The summed E-state index contributed by atoms with van der Waals surface area (Å²) in [5.74, 6) is 1.40. The molecule has 0 atom stereocenters. The van der Waals surface area contributed by atoms with Gasteiger partial charge in [-0.05, 0) is 76.9 Å². The van der Waals surface area contributed by atoms with Crippen LogP contribution in [0.4, 0.5) is 0 Å². The predicted octanol–water partition coefficient (Wildman–Crippen LogP) is 10.9. The van der Waals surface area contributed by atoms with Gasteiger partial charge in [-0.2, -0.15) is 15.8 Å². The highest BCUT2D eigenvalue weighted by Gasteiger charge is 2.20. The lowest BCUT2D eigenvalue weighted by molar-refractivity contribution is 1.07. The van der Waals surface area contributed by atoms with Gasteiger partial charge in [0.25, 0.3) is 0 Å². The summed E-state index contributed by atoms with van der Waals surface area (Å²) in [6, 6.07) is 59.9. The second-order valence-corrected chi connectivity index (χ2v) is 13.0. The minimum atomic E-state index is 0.387. The molecule has 0 spiro atoms. The maximum absolute atomic E-state index is 10.4. The molecule has 0 radical (unpaired) electrons. The standard InChI is InChI=1S/C48H27N7/c49-28-35-15-7-9-17-39(35)33-20-23-44-42(25-33)43-26-34(40-18-10-8-16-36(40)29-50)21-24-45(43)55(44)38-22-19-37(30-51)41(27-38)48-53-46(31-11-3-1-4-12-31)52-47(54-48)32-13-5-2-6-14-32/h1-27H. The van der Waals surface area contributed by atoms with Crippen molar-refractivity contribution in [1.82, 2.24) is 19.5 Å². The monoisotopic (exact) mass is 701 g/mol. The van der Waals surface area contributed by atoms with Crippen molar-refractivity contribution in [3.8, 4) is 80.3 Å². The van der Waals surface area contributed by atoms with Crippen molar-refractivity contribution < 1.29 is 0 Å². The van der Waals surface area contributed by atoms with Crippen LogP contribution in [-0.4, -0.2) is 19.5 Å². The van der Waals surface area contributed by atoms with Gasteiger partial charge in [-0.1, -0.05) is 109 Å². The minimum Gasteiger partial charge on any atom is -0.309 e. The number of benzene rings is 7. The minimum absolute atomic E-state index is 0.387. The van der Waals surface area contributed by atoms with Crippen molar-refractivity contribution in [2.24, 2.45) is 0 Å². The smallest absolute Gasteiger partial charge is 0.165 e. The van der Waals surface area contributed by atoms with Crippen LogP contribution in [0.2, 0.25) is 0 Å². The molecule has 0 bridgehead atoms. The fraction of sp³-hybridized carbons (Fsp3) is 0. The van der Waals surface area contributed by atoms with Crippen LogP contribution in [0.15, 0.2) is 164 Å². The van der Waals surface area contributed by atoms with Crippen LogP contribution in [0.1, 0.15) is 16.7 Å². The number of fused-ring (bicyclic) bond motifs is 3. The van der Waals surface area contributed by atoms with Crippen molar-refractivity contribution >= 4 is 21.8 Å². The number of hydrogen-bond acceptors (Lipinski definition) is 6. The quantitative estimate of drug-likeness (QED) is 0.170. The maximum atomic E-state index is 10.4. The number of hydrogen-bond donors (Lipinski definition) is 0. The summed E-state index contributed by atoms with van der Waals surface area (Å²) < 4.78 is 2.17. The fourth-order valence-corrected chi connectivity index (χ4v) is 7.18. The van der Waals surface area contributed by atoms with Crippen LogP contribution in [0.3, 0.4) is 0 Å².